The Labute approximate surface area is 275 Å². The Bertz CT molecular complexity index is 822. The molecule has 0 N–H and O–H groups in total. The summed E-state index contributed by atoms with van der Waals surface area (Å²) in [5.74, 6) is 4.21. The van der Waals surface area contributed by atoms with Gasteiger partial charge in [0.05, 0.1) is 0 Å². The van der Waals surface area contributed by atoms with E-state index in [4.69, 9.17) is 0 Å². The summed E-state index contributed by atoms with van der Waals surface area (Å²) in [4.78, 5) is 10.8. The third-order valence-corrected chi connectivity index (χ3v) is 13.4. The van der Waals surface area contributed by atoms with Gasteiger partial charge in [0.2, 0.25) is 0 Å². The standard InChI is InChI=1S/C11H21N.2C10H19N.C9H17N/c1-11(2,3)12-9-5-4-6-10(12)8-7-9;1-8(2)11-7-9-3-5-10(11)6-4-9;1-8(2)11-6-9-3-4-10(5-9)7-11;1-7(2)10-6-8-3-4-9(10)5-8/h9-10H,4-8H2,1-3H3;2*8-10H,3-7H2,1-2H3;7-9H,3-6H2,1-2H3. The van der Waals surface area contributed by atoms with E-state index in [1.807, 2.05) is 0 Å². The van der Waals surface area contributed by atoms with Crippen molar-refractivity contribution in [1.82, 2.24) is 19.6 Å². The molecule has 6 saturated heterocycles. The summed E-state index contributed by atoms with van der Waals surface area (Å²) in [6.45, 7) is 26.6. The van der Waals surface area contributed by atoms with Gasteiger partial charge in [-0.1, -0.05) is 6.42 Å². The fraction of sp³-hybridized carbons (Fsp3) is 1.00. The monoisotopic (exact) mass is 613 g/mol. The predicted octanol–water partition coefficient (Wildman–Crippen LogP) is 9.08. The summed E-state index contributed by atoms with van der Waals surface area (Å²) >= 11 is 0. The summed E-state index contributed by atoms with van der Waals surface area (Å²) in [7, 11) is 0. The molecule has 9 fully saturated rings. The number of rotatable bonds is 3. The average Bonchev–Trinajstić information content (AvgIpc) is 3.77. The van der Waals surface area contributed by atoms with Crippen molar-refractivity contribution in [3.05, 3.63) is 0 Å². The van der Waals surface area contributed by atoms with Crippen LogP contribution < -0.4 is 0 Å². The Morgan fingerprint density at radius 3 is 1.20 bits per heavy atom. The van der Waals surface area contributed by atoms with E-state index in [2.05, 4.69) is 81.9 Å². The molecular weight excluding hydrogens is 536 g/mol. The van der Waals surface area contributed by atoms with E-state index in [0.29, 0.717) is 5.54 Å². The summed E-state index contributed by atoms with van der Waals surface area (Å²) in [6, 6.07) is 6.09. The number of likely N-dealkylation sites (tertiary alicyclic amines) is 2. The fourth-order valence-electron chi connectivity index (χ4n) is 11.2. The lowest BCUT2D eigenvalue weighted by Gasteiger charge is -2.47. The predicted molar refractivity (Wildman–Crippen MR) is 190 cm³/mol. The van der Waals surface area contributed by atoms with E-state index >= 15 is 0 Å². The molecule has 0 aromatic rings. The van der Waals surface area contributed by atoms with Crippen LogP contribution in [0.2, 0.25) is 0 Å². The van der Waals surface area contributed by atoms with Gasteiger partial charge in [0, 0.05) is 74.0 Å². The van der Waals surface area contributed by atoms with Crippen molar-refractivity contribution in [1.29, 1.82) is 0 Å². The zero-order valence-corrected chi connectivity index (χ0v) is 31.1. The highest BCUT2D eigenvalue weighted by Crippen LogP contribution is 2.41. The minimum Gasteiger partial charge on any atom is -0.300 e. The smallest absolute Gasteiger partial charge is 0.0130 e. The molecule has 0 aromatic heterocycles. The first-order valence-electron chi connectivity index (χ1n) is 19.9. The van der Waals surface area contributed by atoms with Gasteiger partial charge < -0.3 is 4.90 Å². The zero-order valence-electron chi connectivity index (χ0n) is 31.1. The minimum absolute atomic E-state index is 0.409. The highest BCUT2D eigenvalue weighted by Gasteiger charge is 2.42. The Kier molecular flexibility index (Phi) is 12.3. The molecule has 6 unspecified atom stereocenters. The van der Waals surface area contributed by atoms with Crippen molar-refractivity contribution < 1.29 is 0 Å². The first-order valence-corrected chi connectivity index (χ1v) is 19.9. The van der Waals surface area contributed by atoms with Crippen molar-refractivity contribution in [3.63, 3.8) is 0 Å². The second-order valence-electron chi connectivity index (χ2n) is 18.6. The molecule has 9 rings (SSSR count). The quantitative estimate of drug-likeness (QED) is 0.315. The SMILES string of the molecule is CC(C)(C)N1C2CCCC1CC2.CC(C)N1CC2CCC(C2)C1.CC(C)N1CC2CCC1C2.CC(C)N1CC2CCC1CC2. The number of hydrogen-bond acceptors (Lipinski definition) is 4. The second kappa shape index (κ2) is 15.4. The van der Waals surface area contributed by atoms with Crippen LogP contribution in [0.5, 0.6) is 0 Å². The van der Waals surface area contributed by atoms with Gasteiger partial charge in [-0.15, -0.1) is 0 Å². The van der Waals surface area contributed by atoms with Gasteiger partial charge >= 0.3 is 0 Å². The van der Waals surface area contributed by atoms with E-state index in [1.54, 1.807) is 0 Å². The zero-order chi connectivity index (χ0) is 31.6. The van der Waals surface area contributed by atoms with Gasteiger partial charge in [-0.05, 0) is 176 Å². The highest BCUT2D eigenvalue weighted by atomic mass is 15.3. The van der Waals surface area contributed by atoms with E-state index in [-0.39, 0.29) is 0 Å². The molecule has 44 heavy (non-hydrogen) atoms. The van der Waals surface area contributed by atoms with Gasteiger partial charge in [-0.3, -0.25) is 14.7 Å². The molecule has 0 radical (unpaired) electrons. The van der Waals surface area contributed by atoms with Gasteiger partial charge in [-0.25, -0.2) is 0 Å². The molecule has 6 heterocycles. The lowest BCUT2D eigenvalue weighted by Crippen LogP contribution is -2.51. The second-order valence-corrected chi connectivity index (χ2v) is 18.6. The van der Waals surface area contributed by atoms with E-state index in [9.17, 15) is 0 Å². The molecule has 6 aliphatic heterocycles. The maximum atomic E-state index is 2.77. The Morgan fingerprint density at radius 2 is 0.864 bits per heavy atom. The number of piperidine rings is 5. The summed E-state index contributed by atoms with van der Waals surface area (Å²) in [5.41, 5.74) is 0.409. The van der Waals surface area contributed by atoms with Crippen LogP contribution in [0.4, 0.5) is 0 Å². The summed E-state index contributed by atoms with van der Waals surface area (Å²) in [5, 5.41) is 0. The molecule has 9 aliphatic rings. The largest absolute Gasteiger partial charge is 0.300 e. The molecule has 0 spiro atoms. The van der Waals surface area contributed by atoms with Crippen molar-refractivity contribution in [2.75, 3.05) is 26.2 Å². The van der Waals surface area contributed by atoms with Crippen LogP contribution in [0.25, 0.3) is 0 Å². The third kappa shape index (κ3) is 8.84. The molecule has 4 nitrogen and oxygen atoms in total. The minimum atomic E-state index is 0.409. The van der Waals surface area contributed by atoms with E-state index in [0.717, 1.165) is 66.0 Å². The van der Waals surface area contributed by atoms with E-state index in [1.165, 1.54) is 122 Å². The van der Waals surface area contributed by atoms with Crippen LogP contribution in [0, 0.1) is 23.7 Å². The van der Waals surface area contributed by atoms with Crippen molar-refractivity contribution >= 4 is 0 Å². The highest BCUT2D eigenvalue weighted by molar-refractivity contribution is 4.97. The molecule has 8 bridgehead atoms. The lowest BCUT2D eigenvalue weighted by molar-refractivity contribution is 0.0250. The van der Waals surface area contributed by atoms with Crippen LogP contribution in [0.15, 0.2) is 0 Å². The van der Waals surface area contributed by atoms with Gasteiger partial charge in [-0.2, -0.15) is 0 Å². The lowest BCUT2D eigenvalue weighted by atomic mass is 9.79. The van der Waals surface area contributed by atoms with Gasteiger partial charge in [0.1, 0.15) is 0 Å². The number of fused-ring (bicyclic) bond motifs is 9. The summed E-state index contributed by atoms with van der Waals surface area (Å²) in [6.07, 6.45) is 22.3. The van der Waals surface area contributed by atoms with Crippen molar-refractivity contribution in [2.45, 2.75) is 206 Å². The third-order valence-electron chi connectivity index (χ3n) is 13.4. The molecule has 0 amide bonds. The first-order chi connectivity index (χ1) is 20.9. The summed E-state index contributed by atoms with van der Waals surface area (Å²) < 4.78 is 0. The van der Waals surface area contributed by atoms with E-state index < -0.39 is 0 Å². The molecule has 6 atom stereocenters. The number of nitrogens with zero attached hydrogens (tertiary/aromatic N) is 4. The van der Waals surface area contributed by atoms with Crippen molar-refractivity contribution in [3.8, 4) is 0 Å². The maximum Gasteiger partial charge on any atom is 0.0130 e. The van der Waals surface area contributed by atoms with Crippen LogP contribution >= 0.6 is 0 Å². The molecule has 3 saturated carbocycles. The van der Waals surface area contributed by atoms with Gasteiger partial charge in [0.15, 0.2) is 0 Å². The Balaban J connectivity index is 0.000000117. The molecule has 256 valence electrons. The maximum absolute atomic E-state index is 2.77. The molecular formula is C40H76N4. The average molecular weight is 613 g/mol. The molecule has 0 aromatic carbocycles. The fourth-order valence-corrected chi connectivity index (χ4v) is 11.2. The first kappa shape index (κ1) is 35.2. The molecule has 4 heteroatoms. The van der Waals surface area contributed by atoms with Crippen LogP contribution in [-0.2, 0) is 0 Å². The Morgan fingerprint density at radius 1 is 0.432 bits per heavy atom. The molecule has 3 aliphatic carbocycles. The number of hydrogen-bond donors (Lipinski definition) is 0. The van der Waals surface area contributed by atoms with Gasteiger partial charge in [0.25, 0.3) is 0 Å². The van der Waals surface area contributed by atoms with Crippen LogP contribution in [-0.4, -0.2) is 93.6 Å². The topological polar surface area (TPSA) is 13.0 Å². The normalized spacial score (nSPS) is 38.5. The van der Waals surface area contributed by atoms with Crippen LogP contribution in [0.1, 0.15) is 159 Å². The van der Waals surface area contributed by atoms with Crippen LogP contribution in [0.3, 0.4) is 0 Å². The Hall–Kier alpha value is -0.160. The van der Waals surface area contributed by atoms with Crippen molar-refractivity contribution in [2.24, 2.45) is 23.7 Å².